The van der Waals surface area contributed by atoms with Gasteiger partial charge in [-0.15, -0.1) is 11.8 Å². The van der Waals surface area contributed by atoms with Crippen molar-refractivity contribution in [2.75, 3.05) is 11.6 Å². The minimum atomic E-state index is 0.335. The maximum atomic E-state index is 4.28. The Kier molecular flexibility index (Phi) is 4.25. The number of anilines is 1. The van der Waals surface area contributed by atoms with E-state index in [1.165, 1.54) is 4.90 Å². The van der Waals surface area contributed by atoms with Crippen LogP contribution in [-0.4, -0.2) is 21.0 Å². The average molecular weight is 262 g/mol. The van der Waals surface area contributed by atoms with Crippen LogP contribution in [0.5, 0.6) is 0 Å². The number of nitrogens with zero attached hydrogens (tertiary/aromatic N) is 3. The van der Waals surface area contributed by atoms with Crippen molar-refractivity contribution in [3.05, 3.63) is 36.4 Å². The number of thioether (sulfide) groups is 1. The van der Waals surface area contributed by atoms with Crippen LogP contribution in [0.2, 0.25) is 0 Å². The molecule has 18 heavy (non-hydrogen) atoms. The van der Waals surface area contributed by atoms with E-state index in [9.17, 15) is 0 Å². The van der Waals surface area contributed by atoms with Gasteiger partial charge in [-0.3, -0.25) is 0 Å². The summed E-state index contributed by atoms with van der Waals surface area (Å²) in [5.41, 5.74) is 1.11. The zero-order chi connectivity index (χ0) is 13.0. The SMILES string of the molecule is CSc1cccc(NCc2ncnn2C(C)C)c1. The van der Waals surface area contributed by atoms with Crippen LogP contribution in [0.4, 0.5) is 5.69 Å². The molecule has 0 aliphatic heterocycles. The van der Waals surface area contributed by atoms with E-state index in [0.29, 0.717) is 12.6 Å². The minimum Gasteiger partial charge on any atom is -0.378 e. The molecule has 4 nitrogen and oxygen atoms in total. The van der Waals surface area contributed by atoms with Crippen LogP contribution >= 0.6 is 11.8 Å². The van der Waals surface area contributed by atoms with Gasteiger partial charge in [0.2, 0.25) is 0 Å². The van der Waals surface area contributed by atoms with Crippen LogP contribution in [-0.2, 0) is 6.54 Å². The summed E-state index contributed by atoms with van der Waals surface area (Å²) in [7, 11) is 0. The standard InChI is InChI=1S/C13H18N4S/c1-10(2)17-13(15-9-16-17)8-14-11-5-4-6-12(7-11)18-3/h4-7,9-10,14H,8H2,1-3H3. The van der Waals surface area contributed by atoms with Crippen LogP contribution in [0.25, 0.3) is 0 Å². The minimum absolute atomic E-state index is 0.335. The van der Waals surface area contributed by atoms with E-state index in [2.05, 4.69) is 59.8 Å². The lowest BCUT2D eigenvalue weighted by Gasteiger charge is -2.11. The fourth-order valence-electron chi connectivity index (χ4n) is 1.75. The first kappa shape index (κ1) is 13.0. The molecule has 0 unspecified atom stereocenters. The maximum absolute atomic E-state index is 4.28. The molecule has 0 saturated heterocycles. The lowest BCUT2D eigenvalue weighted by atomic mass is 10.3. The first-order valence-electron chi connectivity index (χ1n) is 5.97. The second kappa shape index (κ2) is 5.91. The number of benzene rings is 1. The van der Waals surface area contributed by atoms with Crippen molar-refractivity contribution in [1.29, 1.82) is 0 Å². The van der Waals surface area contributed by atoms with E-state index in [1.807, 2.05) is 4.68 Å². The molecular formula is C13H18N4S. The average Bonchev–Trinajstić information content (AvgIpc) is 2.85. The summed E-state index contributed by atoms with van der Waals surface area (Å²) in [6.45, 7) is 4.90. The first-order chi connectivity index (χ1) is 8.70. The maximum Gasteiger partial charge on any atom is 0.146 e. The number of aromatic nitrogens is 3. The molecule has 0 atom stereocenters. The van der Waals surface area contributed by atoms with Gasteiger partial charge in [0, 0.05) is 16.6 Å². The van der Waals surface area contributed by atoms with Crippen molar-refractivity contribution in [3.8, 4) is 0 Å². The van der Waals surface area contributed by atoms with E-state index in [1.54, 1.807) is 18.1 Å². The zero-order valence-electron chi connectivity index (χ0n) is 10.9. The van der Waals surface area contributed by atoms with E-state index >= 15 is 0 Å². The summed E-state index contributed by atoms with van der Waals surface area (Å²) < 4.78 is 1.94. The number of hydrogen-bond acceptors (Lipinski definition) is 4. The molecule has 1 N–H and O–H groups in total. The Hall–Kier alpha value is -1.49. The summed E-state index contributed by atoms with van der Waals surface area (Å²) in [4.78, 5) is 5.53. The second-order valence-electron chi connectivity index (χ2n) is 4.30. The van der Waals surface area contributed by atoms with E-state index in [0.717, 1.165) is 11.5 Å². The third-order valence-electron chi connectivity index (χ3n) is 2.66. The van der Waals surface area contributed by atoms with Gasteiger partial charge in [0.25, 0.3) is 0 Å². The van der Waals surface area contributed by atoms with Gasteiger partial charge < -0.3 is 5.32 Å². The molecule has 2 aromatic rings. The van der Waals surface area contributed by atoms with Crippen molar-refractivity contribution in [2.24, 2.45) is 0 Å². The van der Waals surface area contributed by atoms with E-state index < -0.39 is 0 Å². The lowest BCUT2D eigenvalue weighted by molar-refractivity contribution is 0.509. The molecule has 0 spiro atoms. The zero-order valence-corrected chi connectivity index (χ0v) is 11.7. The van der Waals surface area contributed by atoms with Crippen molar-refractivity contribution in [2.45, 2.75) is 31.3 Å². The van der Waals surface area contributed by atoms with Crippen molar-refractivity contribution in [1.82, 2.24) is 14.8 Å². The Morgan fingerprint density at radius 2 is 2.22 bits per heavy atom. The highest BCUT2D eigenvalue weighted by Gasteiger charge is 2.06. The summed E-state index contributed by atoms with van der Waals surface area (Å²) in [6.07, 6.45) is 3.68. The number of rotatable bonds is 5. The fraction of sp³-hybridized carbons (Fsp3) is 0.385. The Morgan fingerprint density at radius 3 is 2.94 bits per heavy atom. The largest absolute Gasteiger partial charge is 0.378 e. The molecule has 5 heteroatoms. The predicted octanol–water partition coefficient (Wildman–Crippen LogP) is 3.19. The Balaban J connectivity index is 2.04. The van der Waals surface area contributed by atoms with Gasteiger partial charge in [-0.25, -0.2) is 9.67 Å². The second-order valence-corrected chi connectivity index (χ2v) is 5.18. The summed E-state index contributed by atoms with van der Waals surface area (Å²) >= 11 is 1.74. The number of nitrogens with one attached hydrogen (secondary N) is 1. The van der Waals surface area contributed by atoms with Crippen LogP contribution in [0, 0.1) is 0 Å². The van der Waals surface area contributed by atoms with Crippen LogP contribution in [0.1, 0.15) is 25.7 Å². The highest BCUT2D eigenvalue weighted by Crippen LogP contribution is 2.19. The van der Waals surface area contributed by atoms with Crippen molar-refractivity contribution < 1.29 is 0 Å². The van der Waals surface area contributed by atoms with Gasteiger partial charge in [-0.05, 0) is 38.3 Å². The quantitative estimate of drug-likeness (QED) is 0.840. The fourth-order valence-corrected chi connectivity index (χ4v) is 2.21. The molecule has 1 aromatic heterocycles. The predicted molar refractivity (Wildman–Crippen MR) is 76.0 cm³/mol. The monoisotopic (exact) mass is 262 g/mol. The van der Waals surface area contributed by atoms with Gasteiger partial charge >= 0.3 is 0 Å². The van der Waals surface area contributed by atoms with Crippen LogP contribution in [0.15, 0.2) is 35.5 Å². The van der Waals surface area contributed by atoms with Gasteiger partial charge in [0.1, 0.15) is 12.2 Å². The first-order valence-corrected chi connectivity index (χ1v) is 7.19. The van der Waals surface area contributed by atoms with Gasteiger partial charge in [-0.2, -0.15) is 5.10 Å². The third kappa shape index (κ3) is 3.04. The normalized spacial score (nSPS) is 10.9. The van der Waals surface area contributed by atoms with E-state index in [4.69, 9.17) is 0 Å². The number of hydrogen-bond donors (Lipinski definition) is 1. The van der Waals surface area contributed by atoms with Crippen molar-refractivity contribution >= 4 is 17.4 Å². The van der Waals surface area contributed by atoms with Gasteiger partial charge in [0.15, 0.2) is 0 Å². The summed E-state index contributed by atoms with van der Waals surface area (Å²) in [5.74, 6) is 0.958. The summed E-state index contributed by atoms with van der Waals surface area (Å²) in [5, 5.41) is 7.60. The molecule has 0 aliphatic rings. The summed E-state index contributed by atoms with van der Waals surface area (Å²) in [6, 6.07) is 8.70. The lowest BCUT2D eigenvalue weighted by Crippen LogP contribution is -2.11. The highest BCUT2D eigenvalue weighted by atomic mass is 32.2. The molecule has 0 aliphatic carbocycles. The van der Waals surface area contributed by atoms with Crippen LogP contribution in [0.3, 0.4) is 0 Å². The molecule has 0 amide bonds. The molecule has 0 fully saturated rings. The van der Waals surface area contributed by atoms with Gasteiger partial charge in [-0.1, -0.05) is 6.07 Å². The topological polar surface area (TPSA) is 42.7 Å². The van der Waals surface area contributed by atoms with Crippen LogP contribution < -0.4 is 5.32 Å². The smallest absolute Gasteiger partial charge is 0.146 e. The Bertz CT molecular complexity index is 507. The molecule has 0 radical (unpaired) electrons. The molecule has 1 aromatic carbocycles. The Morgan fingerprint density at radius 1 is 1.39 bits per heavy atom. The molecule has 2 rings (SSSR count). The van der Waals surface area contributed by atoms with Crippen molar-refractivity contribution in [3.63, 3.8) is 0 Å². The molecule has 0 saturated carbocycles. The highest BCUT2D eigenvalue weighted by molar-refractivity contribution is 7.98. The molecule has 1 heterocycles. The molecular weight excluding hydrogens is 244 g/mol. The molecule has 0 bridgehead atoms. The third-order valence-corrected chi connectivity index (χ3v) is 3.38. The van der Waals surface area contributed by atoms with Gasteiger partial charge in [0.05, 0.1) is 6.54 Å². The van der Waals surface area contributed by atoms with E-state index in [-0.39, 0.29) is 0 Å². The Labute approximate surface area is 112 Å². The molecule has 96 valence electrons.